The number of non-ortho nitro benzene ring substituents is 1. The number of hydrogen-bond acceptors (Lipinski definition) is 5. The Morgan fingerprint density at radius 1 is 1.59 bits per heavy atom. The molecule has 0 spiro atoms. The van der Waals surface area contributed by atoms with E-state index in [1.165, 1.54) is 12.1 Å². The second-order valence-electron chi connectivity index (χ2n) is 6.05. The number of H-pyrrole nitrogens is 1. The highest BCUT2D eigenvalue weighted by Crippen LogP contribution is 2.30. The highest BCUT2D eigenvalue weighted by atomic mass is 16.6. The third kappa shape index (κ3) is 2.31. The van der Waals surface area contributed by atoms with Crippen molar-refractivity contribution < 1.29 is 9.72 Å². The average molecular weight is 303 g/mol. The number of aromatic amines is 1. The van der Waals surface area contributed by atoms with Crippen LogP contribution >= 0.6 is 0 Å². The van der Waals surface area contributed by atoms with E-state index in [1.807, 2.05) is 6.92 Å². The number of nitrogens with two attached hydrogens (primary N) is 1. The third-order valence-electron chi connectivity index (χ3n) is 4.30. The van der Waals surface area contributed by atoms with Crippen LogP contribution in [0.4, 0.5) is 5.69 Å². The van der Waals surface area contributed by atoms with Crippen molar-refractivity contribution in [3.8, 4) is 0 Å². The topological polar surface area (TPSA) is 118 Å². The molecule has 22 heavy (non-hydrogen) atoms. The molecule has 1 saturated heterocycles. The van der Waals surface area contributed by atoms with Crippen LogP contribution in [0.1, 0.15) is 23.8 Å². The van der Waals surface area contributed by atoms with E-state index in [9.17, 15) is 14.9 Å². The van der Waals surface area contributed by atoms with Crippen molar-refractivity contribution in [2.75, 3.05) is 19.6 Å². The molecule has 116 valence electrons. The number of nitrogens with one attached hydrogen (secondary N) is 1. The summed E-state index contributed by atoms with van der Waals surface area (Å²) in [6, 6.07) is 4.33. The molecule has 1 aromatic heterocycles. The van der Waals surface area contributed by atoms with E-state index >= 15 is 0 Å². The van der Waals surface area contributed by atoms with Gasteiger partial charge in [-0.1, -0.05) is 6.92 Å². The number of nitro groups is 1. The number of carbonyl (C=O) groups is 1. The van der Waals surface area contributed by atoms with Crippen LogP contribution in [0.25, 0.3) is 10.9 Å². The van der Waals surface area contributed by atoms with Gasteiger partial charge >= 0.3 is 0 Å². The van der Waals surface area contributed by atoms with Gasteiger partial charge in [0.25, 0.3) is 11.6 Å². The Morgan fingerprint density at radius 3 is 3.00 bits per heavy atom. The molecule has 0 bridgehead atoms. The summed E-state index contributed by atoms with van der Waals surface area (Å²) in [7, 11) is 0. The maximum absolute atomic E-state index is 12.6. The lowest BCUT2D eigenvalue weighted by Crippen LogP contribution is -2.34. The molecule has 0 radical (unpaired) electrons. The Labute approximate surface area is 126 Å². The number of benzene rings is 1. The average Bonchev–Trinajstić information content (AvgIpc) is 3.10. The molecule has 1 atom stereocenters. The first-order chi connectivity index (χ1) is 10.4. The number of amides is 1. The molecule has 1 aliphatic heterocycles. The van der Waals surface area contributed by atoms with Gasteiger partial charge in [0.15, 0.2) is 5.69 Å². The largest absolute Gasteiger partial charge is 0.337 e. The van der Waals surface area contributed by atoms with Gasteiger partial charge in [-0.25, -0.2) is 0 Å². The summed E-state index contributed by atoms with van der Waals surface area (Å²) in [6.07, 6.45) is 0.845. The van der Waals surface area contributed by atoms with E-state index in [2.05, 4.69) is 10.2 Å². The van der Waals surface area contributed by atoms with Crippen LogP contribution in [-0.4, -0.2) is 45.6 Å². The Kier molecular flexibility index (Phi) is 3.32. The van der Waals surface area contributed by atoms with Crippen LogP contribution in [-0.2, 0) is 0 Å². The highest BCUT2D eigenvalue weighted by Gasteiger charge is 2.36. The summed E-state index contributed by atoms with van der Waals surface area (Å²) in [4.78, 5) is 24.8. The molecule has 1 aromatic carbocycles. The van der Waals surface area contributed by atoms with E-state index in [-0.39, 0.29) is 22.7 Å². The predicted octanol–water partition coefficient (Wildman–Crippen LogP) is 1.28. The molecule has 1 amide bonds. The van der Waals surface area contributed by atoms with Gasteiger partial charge in [-0.2, -0.15) is 5.10 Å². The summed E-state index contributed by atoms with van der Waals surface area (Å²) in [5, 5.41) is 18.2. The summed E-state index contributed by atoms with van der Waals surface area (Å²) < 4.78 is 0. The van der Waals surface area contributed by atoms with Gasteiger partial charge in [0.2, 0.25) is 0 Å². The molecule has 3 rings (SSSR count). The second-order valence-corrected chi connectivity index (χ2v) is 6.05. The first-order valence-corrected chi connectivity index (χ1v) is 7.05. The minimum absolute atomic E-state index is 0.0591. The Hall–Kier alpha value is -2.48. The van der Waals surface area contributed by atoms with Crippen molar-refractivity contribution >= 4 is 22.5 Å². The molecule has 2 aromatic rings. The number of aromatic nitrogens is 2. The fraction of sp³-hybridized carbons (Fsp3) is 0.429. The number of carbonyl (C=O) groups excluding carboxylic acids is 1. The summed E-state index contributed by atoms with van der Waals surface area (Å²) >= 11 is 0. The van der Waals surface area contributed by atoms with E-state index < -0.39 is 4.92 Å². The number of hydrogen-bond donors (Lipinski definition) is 2. The molecule has 2 heterocycles. The minimum atomic E-state index is -0.484. The summed E-state index contributed by atoms with van der Waals surface area (Å²) in [5.74, 6) is -0.219. The van der Waals surface area contributed by atoms with E-state index in [4.69, 9.17) is 5.73 Å². The SMILES string of the molecule is C[C@@]1(CN)CCN(C(=O)c2n[nH]c3ccc([N+](=O)[O-])cc23)C1. The molecule has 8 nitrogen and oxygen atoms in total. The molecular formula is C14H17N5O3. The van der Waals surface area contributed by atoms with Crippen LogP contribution in [0.2, 0.25) is 0 Å². The fourth-order valence-electron chi connectivity index (χ4n) is 2.79. The van der Waals surface area contributed by atoms with Gasteiger partial charge in [-0.05, 0) is 24.4 Å². The lowest BCUT2D eigenvalue weighted by Gasteiger charge is -2.22. The first kappa shape index (κ1) is 14.5. The quantitative estimate of drug-likeness (QED) is 0.654. The van der Waals surface area contributed by atoms with Crippen molar-refractivity contribution in [2.45, 2.75) is 13.3 Å². The van der Waals surface area contributed by atoms with Crippen LogP contribution in [0.15, 0.2) is 18.2 Å². The van der Waals surface area contributed by atoms with Crippen molar-refractivity contribution in [2.24, 2.45) is 11.1 Å². The molecule has 3 N–H and O–H groups in total. The maximum Gasteiger partial charge on any atom is 0.275 e. The number of nitro benzene ring substituents is 1. The van der Waals surface area contributed by atoms with Gasteiger partial charge < -0.3 is 10.6 Å². The number of nitrogens with zero attached hydrogens (tertiary/aromatic N) is 3. The molecule has 1 fully saturated rings. The lowest BCUT2D eigenvalue weighted by atomic mass is 9.90. The van der Waals surface area contributed by atoms with E-state index in [1.54, 1.807) is 11.0 Å². The fourth-order valence-corrected chi connectivity index (χ4v) is 2.79. The second kappa shape index (κ2) is 5.06. The number of fused-ring (bicyclic) bond motifs is 1. The van der Waals surface area contributed by atoms with Crippen LogP contribution in [0.5, 0.6) is 0 Å². The van der Waals surface area contributed by atoms with Gasteiger partial charge in [0.05, 0.1) is 10.4 Å². The van der Waals surface area contributed by atoms with Crippen molar-refractivity contribution in [1.82, 2.24) is 15.1 Å². The van der Waals surface area contributed by atoms with Crippen LogP contribution in [0.3, 0.4) is 0 Å². The van der Waals surface area contributed by atoms with Gasteiger partial charge in [-0.3, -0.25) is 20.0 Å². The zero-order chi connectivity index (χ0) is 15.9. The number of rotatable bonds is 3. The van der Waals surface area contributed by atoms with Gasteiger partial charge in [-0.15, -0.1) is 0 Å². The minimum Gasteiger partial charge on any atom is -0.337 e. The van der Waals surface area contributed by atoms with Crippen LogP contribution in [0, 0.1) is 15.5 Å². The third-order valence-corrected chi connectivity index (χ3v) is 4.30. The molecule has 8 heteroatoms. The zero-order valence-electron chi connectivity index (χ0n) is 12.2. The first-order valence-electron chi connectivity index (χ1n) is 7.05. The predicted molar refractivity (Wildman–Crippen MR) is 80.4 cm³/mol. The Balaban J connectivity index is 1.95. The van der Waals surface area contributed by atoms with Crippen molar-refractivity contribution in [1.29, 1.82) is 0 Å². The molecule has 1 aliphatic rings. The normalized spacial score (nSPS) is 21.5. The van der Waals surface area contributed by atoms with Crippen LogP contribution < -0.4 is 5.73 Å². The Morgan fingerprint density at radius 2 is 2.36 bits per heavy atom. The standard InChI is InChI=1S/C14H17N5O3/c1-14(7-15)4-5-18(8-14)13(20)12-10-6-9(19(21)22)2-3-11(10)16-17-12/h2-3,6H,4-5,7-8,15H2,1H3,(H,16,17)/t14-/m0/s1. The maximum atomic E-state index is 12.6. The van der Waals surface area contributed by atoms with Crippen molar-refractivity contribution in [3.05, 3.63) is 34.0 Å². The van der Waals surface area contributed by atoms with E-state index in [0.717, 1.165) is 6.42 Å². The monoisotopic (exact) mass is 303 g/mol. The lowest BCUT2D eigenvalue weighted by molar-refractivity contribution is -0.384. The van der Waals surface area contributed by atoms with Crippen molar-refractivity contribution in [3.63, 3.8) is 0 Å². The smallest absolute Gasteiger partial charge is 0.275 e. The van der Waals surface area contributed by atoms with E-state index in [0.29, 0.717) is 30.5 Å². The zero-order valence-corrected chi connectivity index (χ0v) is 12.2. The molecule has 0 aliphatic carbocycles. The molecule has 0 unspecified atom stereocenters. The molecular weight excluding hydrogens is 286 g/mol. The Bertz CT molecular complexity index is 756. The van der Waals surface area contributed by atoms with Gasteiger partial charge in [0.1, 0.15) is 0 Å². The molecule has 0 saturated carbocycles. The summed E-state index contributed by atoms with van der Waals surface area (Å²) in [6.45, 7) is 3.76. The summed E-state index contributed by atoms with van der Waals surface area (Å²) in [5.41, 5.74) is 6.45. The number of likely N-dealkylation sites (tertiary alicyclic amines) is 1. The van der Waals surface area contributed by atoms with Gasteiger partial charge in [0, 0.05) is 30.6 Å². The highest BCUT2D eigenvalue weighted by molar-refractivity contribution is 6.05.